The van der Waals surface area contributed by atoms with Gasteiger partial charge in [-0.2, -0.15) is 0 Å². The lowest BCUT2D eigenvalue weighted by Gasteiger charge is -2.17. The summed E-state index contributed by atoms with van der Waals surface area (Å²) >= 11 is 0. The van der Waals surface area contributed by atoms with Gasteiger partial charge in [0.2, 0.25) is 0 Å². The Morgan fingerprint density at radius 1 is 0.644 bits per heavy atom. The lowest BCUT2D eigenvalue weighted by molar-refractivity contribution is 0.734. The number of allylic oxidation sites excluding steroid dienone is 11. The van der Waals surface area contributed by atoms with Gasteiger partial charge in [0.05, 0.1) is 0 Å². The lowest BCUT2D eigenvalue weighted by Crippen LogP contribution is -1.97. The fourth-order valence-electron chi connectivity index (χ4n) is 6.99. The van der Waals surface area contributed by atoms with E-state index in [1.54, 1.807) is 0 Å². The number of hydrogen-bond acceptors (Lipinski definition) is 0. The van der Waals surface area contributed by atoms with E-state index in [0.717, 1.165) is 6.42 Å². The Kier molecular flexibility index (Phi) is 17.0. The molecule has 0 saturated carbocycles. The number of benzene rings is 6. The smallest absolute Gasteiger partial charge is 0.00702 e. The maximum Gasteiger partial charge on any atom is -0.00702 e. The van der Waals surface area contributed by atoms with Crippen LogP contribution in [0.4, 0.5) is 0 Å². The van der Waals surface area contributed by atoms with Gasteiger partial charge in [-0.25, -0.2) is 0 Å². The number of hydrogen-bond donors (Lipinski definition) is 0. The second-order valence-corrected chi connectivity index (χ2v) is 14.9. The monoisotopic (exact) mass is 768 g/mol. The summed E-state index contributed by atoms with van der Waals surface area (Å²) in [4.78, 5) is 0. The van der Waals surface area contributed by atoms with E-state index in [-0.39, 0.29) is 0 Å². The maximum atomic E-state index is 3.97. The van der Waals surface area contributed by atoms with Crippen LogP contribution in [-0.2, 0) is 0 Å². The van der Waals surface area contributed by atoms with Crippen LogP contribution in [0.5, 0.6) is 0 Å². The Balaban J connectivity index is 0.000000180. The van der Waals surface area contributed by atoms with Crippen molar-refractivity contribution in [1.82, 2.24) is 0 Å². The standard InChI is InChI=1S/C26H30.C22H20.C11H10/c1-5-8-10-12-22-14-15-24(13-11-9-6-2)26(20-22)25-18-16-23(17-19-25)21(4)7-3;1-3-18-9-7-8-12-21(18)22(19-10-5-4-6-11-19)20-15-13-17(2)14-16-20;1-9-6-7-10-4-2-3-5-11(10)8-9/h5-6,8-21H,7H2,1-4H3;3-10,12-16H,1,11H2,2H3;2-8H,1H3/b8-5-,9-6-,12-10-,13-11-;22-19-;/t21-;;/m1../s1. The third-order valence-electron chi connectivity index (χ3n) is 10.6. The molecule has 59 heavy (non-hydrogen) atoms. The highest BCUT2D eigenvalue weighted by Gasteiger charge is 2.13. The average Bonchev–Trinajstić information content (AvgIpc) is 3.28. The summed E-state index contributed by atoms with van der Waals surface area (Å²) in [6.07, 6.45) is 29.4. The summed E-state index contributed by atoms with van der Waals surface area (Å²) in [5.74, 6) is 0.605. The van der Waals surface area contributed by atoms with Crippen LogP contribution in [0.2, 0.25) is 0 Å². The highest BCUT2D eigenvalue weighted by atomic mass is 14.2. The van der Waals surface area contributed by atoms with Gasteiger partial charge in [-0.1, -0.05) is 238 Å². The topological polar surface area (TPSA) is 0 Å². The van der Waals surface area contributed by atoms with Crippen LogP contribution in [0.1, 0.15) is 91.0 Å². The molecule has 0 heterocycles. The van der Waals surface area contributed by atoms with Gasteiger partial charge in [0.1, 0.15) is 0 Å². The van der Waals surface area contributed by atoms with E-state index in [1.165, 1.54) is 84.0 Å². The van der Waals surface area contributed by atoms with Crippen molar-refractivity contribution < 1.29 is 0 Å². The first-order valence-corrected chi connectivity index (χ1v) is 21.0. The lowest BCUT2D eigenvalue weighted by atomic mass is 9.87. The molecule has 1 atom stereocenters. The summed E-state index contributed by atoms with van der Waals surface area (Å²) in [6, 6.07) is 47.9. The Labute approximate surface area is 355 Å². The van der Waals surface area contributed by atoms with Crippen molar-refractivity contribution in [2.75, 3.05) is 0 Å². The summed E-state index contributed by atoms with van der Waals surface area (Å²) < 4.78 is 0. The Morgan fingerprint density at radius 3 is 2.00 bits per heavy atom. The summed E-state index contributed by atoms with van der Waals surface area (Å²) in [7, 11) is 0. The minimum atomic E-state index is 0.605. The third-order valence-corrected chi connectivity index (χ3v) is 10.6. The van der Waals surface area contributed by atoms with Gasteiger partial charge in [-0.05, 0) is 119 Å². The average molecular weight is 769 g/mol. The van der Waals surface area contributed by atoms with Crippen molar-refractivity contribution >= 4 is 34.6 Å². The van der Waals surface area contributed by atoms with E-state index in [1.807, 2.05) is 32.1 Å². The summed E-state index contributed by atoms with van der Waals surface area (Å²) in [5, 5.41) is 2.64. The van der Waals surface area contributed by atoms with Gasteiger partial charge < -0.3 is 0 Å². The molecule has 0 N–H and O–H groups in total. The highest BCUT2D eigenvalue weighted by Crippen LogP contribution is 2.34. The van der Waals surface area contributed by atoms with E-state index in [4.69, 9.17) is 0 Å². The van der Waals surface area contributed by atoms with E-state index < -0.39 is 0 Å². The first kappa shape index (κ1) is 43.6. The molecule has 1 aliphatic carbocycles. The SMILES string of the molecule is C/C=C\C=C/c1ccc(/C=C\C=C/C)c(-c2ccc([C@H](C)CC)cc2)c1.C=Cc1ccccc1/C(=C1/C=CC=CC1)c1ccc(C)cc1.Cc1ccc2ccccc2c1. The zero-order valence-corrected chi connectivity index (χ0v) is 35.9. The normalized spacial score (nSPS) is 13.7. The predicted molar refractivity (Wildman–Crippen MR) is 264 cm³/mol. The summed E-state index contributed by atoms with van der Waals surface area (Å²) in [6.45, 7) is 16.8. The predicted octanol–water partition coefficient (Wildman–Crippen LogP) is 17.1. The second kappa shape index (κ2) is 23.0. The maximum absolute atomic E-state index is 3.97. The fourth-order valence-corrected chi connectivity index (χ4v) is 6.99. The van der Waals surface area contributed by atoms with Gasteiger partial charge in [0, 0.05) is 0 Å². The third kappa shape index (κ3) is 12.7. The van der Waals surface area contributed by atoms with Gasteiger partial charge >= 0.3 is 0 Å². The van der Waals surface area contributed by atoms with E-state index in [9.17, 15) is 0 Å². The van der Waals surface area contributed by atoms with Crippen molar-refractivity contribution in [3.05, 3.63) is 251 Å². The molecule has 1 aliphatic rings. The van der Waals surface area contributed by atoms with Crippen LogP contribution in [0.25, 0.3) is 45.7 Å². The Morgan fingerprint density at radius 2 is 1.32 bits per heavy atom. The second-order valence-electron chi connectivity index (χ2n) is 14.9. The Bertz CT molecular complexity index is 2490. The largest absolute Gasteiger partial charge is 0.0984 e. The molecule has 6 aromatic carbocycles. The molecule has 296 valence electrons. The van der Waals surface area contributed by atoms with Crippen LogP contribution >= 0.6 is 0 Å². The van der Waals surface area contributed by atoms with Crippen LogP contribution in [0.3, 0.4) is 0 Å². The molecular weight excluding hydrogens is 709 g/mol. The molecule has 0 radical (unpaired) electrons. The Hall–Kier alpha value is -6.50. The number of fused-ring (bicyclic) bond motifs is 1. The molecular formula is C59H60. The molecule has 0 aromatic heterocycles. The van der Waals surface area contributed by atoms with E-state index in [2.05, 4.69) is 228 Å². The molecule has 0 spiro atoms. The van der Waals surface area contributed by atoms with Gasteiger partial charge in [-0.15, -0.1) is 0 Å². The van der Waals surface area contributed by atoms with Crippen LogP contribution in [-0.4, -0.2) is 0 Å². The molecule has 0 heteroatoms. The van der Waals surface area contributed by atoms with Gasteiger partial charge in [0.15, 0.2) is 0 Å². The van der Waals surface area contributed by atoms with Crippen molar-refractivity contribution in [3.8, 4) is 11.1 Å². The van der Waals surface area contributed by atoms with E-state index in [0.29, 0.717) is 5.92 Å². The number of aryl methyl sites for hydroxylation is 2. The van der Waals surface area contributed by atoms with Crippen LogP contribution < -0.4 is 0 Å². The molecule has 7 rings (SSSR count). The summed E-state index contributed by atoms with van der Waals surface area (Å²) in [5.41, 5.74) is 15.3. The molecule has 0 nitrogen and oxygen atoms in total. The quantitative estimate of drug-likeness (QED) is 0.122. The van der Waals surface area contributed by atoms with Crippen LogP contribution in [0, 0.1) is 13.8 Å². The highest BCUT2D eigenvalue weighted by molar-refractivity contribution is 5.88. The number of rotatable bonds is 10. The van der Waals surface area contributed by atoms with Gasteiger partial charge in [-0.3, -0.25) is 0 Å². The minimum absolute atomic E-state index is 0.605. The zero-order valence-electron chi connectivity index (χ0n) is 35.9. The van der Waals surface area contributed by atoms with Crippen molar-refractivity contribution in [2.24, 2.45) is 0 Å². The van der Waals surface area contributed by atoms with Crippen LogP contribution in [0.15, 0.2) is 206 Å². The molecule has 0 fully saturated rings. The first-order valence-electron chi connectivity index (χ1n) is 21.0. The molecule has 6 aromatic rings. The van der Waals surface area contributed by atoms with Crippen molar-refractivity contribution in [3.63, 3.8) is 0 Å². The van der Waals surface area contributed by atoms with Gasteiger partial charge in [0.25, 0.3) is 0 Å². The van der Waals surface area contributed by atoms with E-state index >= 15 is 0 Å². The van der Waals surface area contributed by atoms with Crippen molar-refractivity contribution in [1.29, 1.82) is 0 Å². The minimum Gasteiger partial charge on any atom is -0.0984 e. The van der Waals surface area contributed by atoms with Crippen molar-refractivity contribution in [2.45, 2.75) is 60.3 Å². The first-order chi connectivity index (χ1) is 28.8. The molecule has 0 bridgehead atoms. The molecule has 0 aliphatic heterocycles. The fraction of sp³-hybridized carbons (Fsp3) is 0.153. The molecule has 0 unspecified atom stereocenters. The molecule has 0 saturated heterocycles. The zero-order chi connectivity index (χ0) is 41.8. The molecule has 0 amide bonds.